The van der Waals surface area contributed by atoms with Crippen LogP contribution in [-0.2, 0) is 10.0 Å². The first-order valence-electron chi connectivity index (χ1n) is 5.73. The molecule has 0 bridgehead atoms. The summed E-state index contributed by atoms with van der Waals surface area (Å²) in [7, 11) is -3.32. The van der Waals surface area contributed by atoms with Crippen LogP contribution < -0.4 is 10.0 Å². The molecule has 0 aliphatic heterocycles. The molecule has 1 saturated carbocycles. The minimum absolute atomic E-state index is 0.448. The Labute approximate surface area is 102 Å². The Morgan fingerprint density at radius 2 is 2.06 bits per heavy atom. The third-order valence-corrected chi connectivity index (χ3v) is 4.49. The molecule has 5 nitrogen and oxygen atoms in total. The summed E-state index contributed by atoms with van der Waals surface area (Å²) in [5.41, 5.74) is 0.554. The molecule has 0 aromatic carbocycles. The quantitative estimate of drug-likeness (QED) is 0.794. The van der Waals surface area contributed by atoms with Crippen LogP contribution in [0.3, 0.4) is 0 Å². The number of aromatic nitrogens is 1. The highest BCUT2D eigenvalue weighted by atomic mass is 32.2. The van der Waals surface area contributed by atoms with E-state index in [1.807, 2.05) is 0 Å². The fourth-order valence-corrected chi connectivity index (χ4v) is 2.40. The van der Waals surface area contributed by atoms with Gasteiger partial charge in [-0.1, -0.05) is 0 Å². The van der Waals surface area contributed by atoms with E-state index in [0.29, 0.717) is 18.3 Å². The summed E-state index contributed by atoms with van der Waals surface area (Å²) in [6.45, 7) is 2.20. The highest BCUT2D eigenvalue weighted by Gasteiger charge is 2.25. The van der Waals surface area contributed by atoms with Gasteiger partial charge in [0.2, 0.25) is 10.0 Å². The van der Waals surface area contributed by atoms with E-state index in [9.17, 15) is 8.42 Å². The van der Waals surface area contributed by atoms with Gasteiger partial charge >= 0.3 is 0 Å². The van der Waals surface area contributed by atoms with Gasteiger partial charge in [-0.2, -0.15) is 0 Å². The van der Waals surface area contributed by atoms with Crippen molar-refractivity contribution in [3.63, 3.8) is 0 Å². The fraction of sp³-hybridized carbons (Fsp3) is 0.545. The molecule has 1 atom stereocenters. The van der Waals surface area contributed by atoms with Crippen molar-refractivity contribution in [3.05, 3.63) is 24.5 Å². The number of nitrogens with one attached hydrogen (secondary N) is 2. The molecule has 0 saturated heterocycles. The summed E-state index contributed by atoms with van der Waals surface area (Å²) < 4.78 is 26.5. The minimum atomic E-state index is -3.32. The molecule has 0 radical (unpaired) electrons. The van der Waals surface area contributed by atoms with E-state index >= 15 is 0 Å². The number of hydrogen-bond donors (Lipinski definition) is 2. The zero-order chi connectivity index (χ0) is 12.3. The standard InChI is InChI=1S/C11H17N3O2S/c1-9(8-13-10-2-3-10)17(15,16)14-11-4-6-12-7-5-11/h4-7,9-10,13H,2-3,8H2,1H3,(H,12,14). The third-order valence-electron chi connectivity index (χ3n) is 2.74. The molecule has 1 fully saturated rings. The van der Waals surface area contributed by atoms with Gasteiger partial charge in [-0.15, -0.1) is 0 Å². The molecule has 1 aromatic rings. The average molecular weight is 255 g/mol. The van der Waals surface area contributed by atoms with Gasteiger partial charge in [-0.05, 0) is 31.9 Å². The Balaban J connectivity index is 1.92. The lowest BCUT2D eigenvalue weighted by Gasteiger charge is -2.15. The van der Waals surface area contributed by atoms with Crippen LogP contribution >= 0.6 is 0 Å². The number of pyridine rings is 1. The van der Waals surface area contributed by atoms with Crippen LogP contribution in [0, 0.1) is 0 Å². The normalized spacial score (nSPS) is 17.7. The molecule has 1 aliphatic carbocycles. The summed E-state index contributed by atoms with van der Waals surface area (Å²) >= 11 is 0. The molecule has 0 spiro atoms. The first kappa shape index (κ1) is 12.3. The molecule has 6 heteroatoms. The topological polar surface area (TPSA) is 71.1 Å². The van der Waals surface area contributed by atoms with E-state index in [1.54, 1.807) is 31.5 Å². The lowest BCUT2D eigenvalue weighted by molar-refractivity contribution is 0.576. The lowest BCUT2D eigenvalue weighted by atomic mass is 10.4. The maximum absolute atomic E-state index is 12.0. The smallest absolute Gasteiger partial charge is 0.236 e. The molecular formula is C11H17N3O2S. The highest BCUT2D eigenvalue weighted by Crippen LogP contribution is 2.19. The summed E-state index contributed by atoms with van der Waals surface area (Å²) in [5.74, 6) is 0. The van der Waals surface area contributed by atoms with Crippen LogP contribution in [0.1, 0.15) is 19.8 Å². The molecule has 1 unspecified atom stereocenters. The number of nitrogens with zero attached hydrogens (tertiary/aromatic N) is 1. The maximum atomic E-state index is 12.0. The average Bonchev–Trinajstić information content (AvgIpc) is 3.10. The van der Waals surface area contributed by atoms with Gasteiger partial charge < -0.3 is 5.32 Å². The first-order valence-corrected chi connectivity index (χ1v) is 7.27. The Morgan fingerprint density at radius 1 is 1.41 bits per heavy atom. The monoisotopic (exact) mass is 255 g/mol. The van der Waals surface area contributed by atoms with Gasteiger partial charge in [0.15, 0.2) is 0 Å². The van der Waals surface area contributed by atoms with Gasteiger partial charge in [0.1, 0.15) is 0 Å². The van der Waals surface area contributed by atoms with Crippen LogP contribution in [0.25, 0.3) is 0 Å². The molecular weight excluding hydrogens is 238 g/mol. The zero-order valence-corrected chi connectivity index (χ0v) is 10.6. The Kier molecular flexibility index (Phi) is 3.63. The molecule has 1 heterocycles. The predicted octanol–water partition coefficient (Wildman–Crippen LogP) is 0.964. The van der Waals surface area contributed by atoms with E-state index in [-0.39, 0.29) is 0 Å². The first-order chi connectivity index (χ1) is 8.08. The summed E-state index contributed by atoms with van der Waals surface area (Å²) in [6, 6.07) is 3.80. The van der Waals surface area contributed by atoms with E-state index in [2.05, 4.69) is 15.0 Å². The minimum Gasteiger partial charge on any atom is -0.313 e. The molecule has 1 aliphatic rings. The van der Waals surface area contributed by atoms with E-state index in [1.165, 1.54) is 0 Å². The van der Waals surface area contributed by atoms with Crippen LogP contribution in [0.2, 0.25) is 0 Å². The van der Waals surface area contributed by atoms with E-state index in [0.717, 1.165) is 12.8 Å². The molecule has 94 valence electrons. The van der Waals surface area contributed by atoms with Crippen molar-refractivity contribution in [2.75, 3.05) is 11.3 Å². The number of sulfonamides is 1. The second-order valence-corrected chi connectivity index (χ2v) is 6.47. The van der Waals surface area contributed by atoms with E-state index in [4.69, 9.17) is 0 Å². The van der Waals surface area contributed by atoms with Crippen LogP contribution in [0.15, 0.2) is 24.5 Å². The van der Waals surface area contributed by atoms with Crippen molar-refractivity contribution in [1.82, 2.24) is 10.3 Å². The molecule has 17 heavy (non-hydrogen) atoms. The number of rotatable bonds is 6. The molecule has 0 amide bonds. The summed E-state index contributed by atoms with van der Waals surface area (Å²) in [6.07, 6.45) is 5.44. The number of hydrogen-bond acceptors (Lipinski definition) is 4. The second kappa shape index (κ2) is 5.01. The van der Waals surface area contributed by atoms with Crippen LogP contribution in [0.4, 0.5) is 5.69 Å². The van der Waals surface area contributed by atoms with E-state index < -0.39 is 15.3 Å². The third kappa shape index (κ3) is 3.67. The summed E-state index contributed by atoms with van der Waals surface area (Å²) in [4.78, 5) is 3.84. The molecule has 1 aromatic heterocycles. The SMILES string of the molecule is CC(CNC1CC1)S(=O)(=O)Nc1ccncc1. The van der Waals surface area contributed by atoms with Gasteiger partial charge in [0.05, 0.1) is 10.9 Å². The predicted molar refractivity (Wildman–Crippen MR) is 67.3 cm³/mol. The van der Waals surface area contributed by atoms with Crippen LogP contribution in [0.5, 0.6) is 0 Å². The molecule has 2 N–H and O–H groups in total. The van der Waals surface area contributed by atoms with Crippen molar-refractivity contribution in [3.8, 4) is 0 Å². The van der Waals surface area contributed by atoms with Crippen molar-refractivity contribution < 1.29 is 8.42 Å². The van der Waals surface area contributed by atoms with Crippen molar-refractivity contribution in [2.24, 2.45) is 0 Å². The zero-order valence-electron chi connectivity index (χ0n) is 9.76. The fourth-order valence-electron chi connectivity index (χ4n) is 1.41. The van der Waals surface area contributed by atoms with Gasteiger partial charge in [0, 0.05) is 25.0 Å². The Morgan fingerprint density at radius 3 is 2.65 bits per heavy atom. The van der Waals surface area contributed by atoms with Crippen molar-refractivity contribution in [2.45, 2.75) is 31.1 Å². The van der Waals surface area contributed by atoms with Crippen LogP contribution in [-0.4, -0.2) is 31.2 Å². The van der Waals surface area contributed by atoms with Crippen molar-refractivity contribution in [1.29, 1.82) is 0 Å². The molecule has 2 rings (SSSR count). The summed E-state index contributed by atoms with van der Waals surface area (Å²) in [5, 5.41) is 2.77. The van der Waals surface area contributed by atoms with Gasteiger partial charge in [0.25, 0.3) is 0 Å². The van der Waals surface area contributed by atoms with Crippen molar-refractivity contribution >= 4 is 15.7 Å². The highest BCUT2D eigenvalue weighted by molar-refractivity contribution is 7.93. The Bertz CT molecular complexity index is 457. The van der Waals surface area contributed by atoms with Gasteiger partial charge in [-0.3, -0.25) is 9.71 Å². The van der Waals surface area contributed by atoms with Gasteiger partial charge in [-0.25, -0.2) is 8.42 Å². The lowest BCUT2D eigenvalue weighted by Crippen LogP contribution is -2.35. The number of anilines is 1. The maximum Gasteiger partial charge on any atom is 0.236 e. The largest absolute Gasteiger partial charge is 0.313 e. The Hall–Kier alpha value is -1.14. The second-order valence-electron chi connectivity index (χ2n) is 4.38.